The van der Waals surface area contributed by atoms with Crippen molar-refractivity contribution in [2.45, 2.75) is 69.9 Å². The quantitative estimate of drug-likeness (QED) is 0.589. The van der Waals surface area contributed by atoms with Crippen LogP contribution in [0.15, 0.2) is 0 Å². The van der Waals surface area contributed by atoms with Gasteiger partial charge >= 0.3 is 5.97 Å². The number of aliphatic hydroxyl groups is 3. The molecule has 1 heterocycles. The Morgan fingerprint density at radius 3 is 2.71 bits per heavy atom. The molecule has 4 atom stereocenters. The molecule has 0 aliphatic carbocycles. The molecule has 0 spiro atoms. The summed E-state index contributed by atoms with van der Waals surface area (Å²) in [7, 11) is 0. The zero-order valence-corrected chi connectivity index (χ0v) is 10.2. The summed E-state index contributed by atoms with van der Waals surface area (Å²) in [4.78, 5) is 11.1. The molecule has 5 nitrogen and oxygen atoms in total. The lowest BCUT2D eigenvalue weighted by atomic mass is 9.95. The van der Waals surface area contributed by atoms with Crippen molar-refractivity contribution in [3.8, 4) is 0 Å². The van der Waals surface area contributed by atoms with Gasteiger partial charge in [-0.2, -0.15) is 0 Å². The molecule has 1 saturated heterocycles. The Balaban J connectivity index is 2.44. The second-order valence-electron chi connectivity index (χ2n) is 4.61. The number of esters is 1. The number of unbranched alkanes of at least 4 members (excludes halogenated alkanes) is 1. The predicted molar refractivity (Wildman–Crippen MR) is 61.3 cm³/mol. The van der Waals surface area contributed by atoms with E-state index in [0.717, 1.165) is 12.8 Å². The third-order valence-electron chi connectivity index (χ3n) is 3.13. The van der Waals surface area contributed by atoms with Crippen LogP contribution in [0.25, 0.3) is 0 Å². The summed E-state index contributed by atoms with van der Waals surface area (Å²) < 4.78 is 4.96. The molecular formula is C12H22O5. The summed E-state index contributed by atoms with van der Waals surface area (Å²) in [6.45, 7) is 1.98. The van der Waals surface area contributed by atoms with Crippen molar-refractivity contribution in [1.82, 2.24) is 0 Å². The highest BCUT2D eigenvalue weighted by atomic mass is 16.6. The summed E-state index contributed by atoms with van der Waals surface area (Å²) in [6, 6.07) is 0. The van der Waals surface area contributed by atoms with Crippen molar-refractivity contribution in [1.29, 1.82) is 0 Å². The van der Waals surface area contributed by atoms with E-state index < -0.39 is 24.4 Å². The topological polar surface area (TPSA) is 87.0 Å². The average Bonchev–Trinajstić information content (AvgIpc) is 2.34. The minimum Gasteiger partial charge on any atom is -0.459 e. The number of cyclic esters (lactones) is 1. The van der Waals surface area contributed by atoms with E-state index in [1.54, 1.807) is 0 Å². The van der Waals surface area contributed by atoms with E-state index in [-0.39, 0.29) is 5.97 Å². The summed E-state index contributed by atoms with van der Waals surface area (Å²) in [6.07, 6.45) is -0.430. The molecule has 1 aliphatic rings. The lowest BCUT2D eigenvalue weighted by Gasteiger charge is -2.31. The van der Waals surface area contributed by atoms with Crippen molar-refractivity contribution >= 4 is 5.97 Å². The molecule has 3 N–H and O–H groups in total. The standard InChI is InChI=1S/C12H22O5/c1-2-3-5-8(13)11(15)12(16)9-6-4-7-10(14)17-9/h8-9,11-13,15-16H,2-7H2,1H3/t8-,9+,11+,12+/m0/s1. The van der Waals surface area contributed by atoms with Gasteiger partial charge < -0.3 is 20.1 Å². The normalized spacial score (nSPS) is 26.1. The fourth-order valence-corrected chi connectivity index (χ4v) is 2.01. The maximum absolute atomic E-state index is 11.1. The van der Waals surface area contributed by atoms with Gasteiger partial charge in [0.2, 0.25) is 0 Å². The van der Waals surface area contributed by atoms with Gasteiger partial charge in [0.1, 0.15) is 18.3 Å². The van der Waals surface area contributed by atoms with Crippen LogP contribution in [0.1, 0.15) is 45.4 Å². The zero-order chi connectivity index (χ0) is 12.8. The number of aliphatic hydroxyl groups excluding tert-OH is 3. The van der Waals surface area contributed by atoms with Gasteiger partial charge in [0.25, 0.3) is 0 Å². The van der Waals surface area contributed by atoms with E-state index in [2.05, 4.69) is 0 Å². The van der Waals surface area contributed by atoms with Gasteiger partial charge in [0.15, 0.2) is 0 Å². The number of carbonyl (C=O) groups excluding carboxylic acids is 1. The fraction of sp³-hybridized carbons (Fsp3) is 0.917. The first-order valence-corrected chi connectivity index (χ1v) is 6.30. The Bertz CT molecular complexity index is 243. The van der Waals surface area contributed by atoms with E-state index in [1.165, 1.54) is 0 Å². The molecule has 0 aromatic carbocycles. The van der Waals surface area contributed by atoms with Gasteiger partial charge in [-0.05, 0) is 19.3 Å². The van der Waals surface area contributed by atoms with Crippen molar-refractivity contribution in [3.63, 3.8) is 0 Å². The molecule has 0 saturated carbocycles. The number of carbonyl (C=O) groups is 1. The van der Waals surface area contributed by atoms with Crippen LogP contribution in [0.2, 0.25) is 0 Å². The van der Waals surface area contributed by atoms with Crippen LogP contribution in [-0.4, -0.2) is 45.7 Å². The molecule has 0 bridgehead atoms. The minimum atomic E-state index is -1.25. The zero-order valence-electron chi connectivity index (χ0n) is 10.2. The number of rotatable bonds is 6. The Hall–Kier alpha value is -0.650. The minimum absolute atomic E-state index is 0.351. The SMILES string of the molecule is CCCC[C@H](O)[C@@H](O)[C@H](O)[C@H]1CCCC(=O)O1. The second kappa shape index (κ2) is 6.93. The van der Waals surface area contributed by atoms with Gasteiger partial charge in [-0.3, -0.25) is 4.79 Å². The first-order valence-electron chi connectivity index (χ1n) is 6.30. The van der Waals surface area contributed by atoms with Crippen molar-refractivity contribution in [2.24, 2.45) is 0 Å². The largest absolute Gasteiger partial charge is 0.459 e. The van der Waals surface area contributed by atoms with Crippen LogP contribution in [0, 0.1) is 0 Å². The first kappa shape index (κ1) is 14.4. The van der Waals surface area contributed by atoms with Gasteiger partial charge in [-0.25, -0.2) is 0 Å². The summed E-state index contributed by atoms with van der Waals surface area (Å²) in [5.41, 5.74) is 0. The molecule has 1 aliphatic heterocycles. The van der Waals surface area contributed by atoms with E-state index in [1.807, 2.05) is 6.92 Å². The molecular weight excluding hydrogens is 224 g/mol. The molecule has 17 heavy (non-hydrogen) atoms. The smallest absolute Gasteiger partial charge is 0.306 e. The Morgan fingerprint density at radius 1 is 1.41 bits per heavy atom. The maximum atomic E-state index is 11.1. The highest BCUT2D eigenvalue weighted by molar-refractivity contribution is 5.70. The Kier molecular flexibility index (Phi) is 5.88. The van der Waals surface area contributed by atoms with Crippen LogP contribution >= 0.6 is 0 Å². The molecule has 0 aromatic rings. The monoisotopic (exact) mass is 246 g/mol. The highest BCUT2D eigenvalue weighted by Crippen LogP contribution is 2.21. The second-order valence-corrected chi connectivity index (χ2v) is 4.61. The highest BCUT2D eigenvalue weighted by Gasteiger charge is 2.35. The van der Waals surface area contributed by atoms with Crippen molar-refractivity contribution < 1.29 is 24.9 Å². The first-order chi connectivity index (χ1) is 8.06. The lowest BCUT2D eigenvalue weighted by Crippen LogP contribution is -2.47. The third kappa shape index (κ3) is 4.26. The number of hydrogen-bond acceptors (Lipinski definition) is 5. The average molecular weight is 246 g/mol. The van der Waals surface area contributed by atoms with Gasteiger partial charge in [0, 0.05) is 6.42 Å². The van der Waals surface area contributed by atoms with Gasteiger partial charge in [-0.1, -0.05) is 19.8 Å². The number of ether oxygens (including phenoxy) is 1. The number of hydrogen-bond donors (Lipinski definition) is 3. The van der Waals surface area contributed by atoms with Gasteiger partial charge in [0.05, 0.1) is 6.10 Å². The molecule has 0 aromatic heterocycles. The molecule has 0 radical (unpaired) electrons. The van der Waals surface area contributed by atoms with Crippen LogP contribution in [-0.2, 0) is 9.53 Å². The van der Waals surface area contributed by atoms with E-state index in [0.29, 0.717) is 25.7 Å². The van der Waals surface area contributed by atoms with Crippen LogP contribution in [0.5, 0.6) is 0 Å². The van der Waals surface area contributed by atoms with Crippen LogP contribution < -0.4 is 0 Å². The van der Waals surface area contributed by atoms with Crippen molar-refractivity contribution in [2.75, 3.05) is 0 Å². The van der Waals surface area contributed by atoms with E-state index in [9.17, 15) is 20.1 Å². The predicted octanol–water partition coefficient (Wildman–Crippen LogP) is 0.355. The molecule has 5 heteroatoms. The van der Waals surface area contributed by atoms with Crippen molar-refractivity contribution in [3.05, 3.63) is 0 Å². The fourth-order valence-electron chi connectivity index (χ4n) is 2.01. The Morgan fingerprint density at radius 2 is 2.12 bits per heavy atom. The van der Waals surface area contributed by atoms with Crippen LogP contribution in [0.4, 0.5) is 0 Å². The summed E-state index contributed by atoms with van der Waals surface area (Å²) in [5.74, 6) is -0.351. The molecule has 0 amide bonds. The Labute approximate surface area is 101 Å². The molecule has 0 unspecified atom stereocenters. The van der Waals surface area contributed by atoms with E-state index >= 15 is 0 Å². The van der Waals surface area contributed by atoms with E-state index in [4.69, 9.17) is 4.74 Å². The molecule has 100 valence electrons. The summed E-state index contributed by atoms with van der Waals surface area (Å²) >= 11 is 0. The third-order valence-corrected chi connectivity index (χ3v) is 3.13. The maximum Gasteiger partial charge on any atom is 0.306 e. The van der Waals surface area contributed by atoms with Crippen LogP contribution in [0.3, 0.4) is 0 Å². The summed E-state index contributed by atoms with van der Waals surface area (Å²) in [5, 5.41) is 29.3. The van der Waals surface area contributed by atoms with Gasteiger partial charge in [-0.15, -0.1) is 0 Å². The molecule has 1 fully saturated rings. The lowest BCUT2D eigenvalue weighted by molar-refractivity contribution is -0.171. The molecule has 1 rings (SSSR count).